The second-order valence-corrected chi connectivity index (χ2v) is 12.2. The number of nitrogens with two attached hydrogens (primary N) is 4. The summed E-state index contributed by atoms with van der Waals surface area (Å²) in [5.74, 6) is -3.03. The van der Waals surface area contributed by atoms with E-state index in [1.54, 1.807) is 48.5 Å². The molecule has 0 aliphatic heterocycles. The summed E-state index contributed by atoms with van der Waals surface area (Å²) < 4.78 is 0. The molecule has 4 aromatic carbocycles. The molecule has 17 heteroatoms. The number of carbonyl (C=O) groups excluding carboxylic acids is 6. The van der Waals surface area contributed by atoms with Crippen LogP contribution in [0, 0.1) is 0 Å². The molecule has 0 unspecified atom stereocenters. The Hall–Kier alpha value is -7.14. The molecule has 12 N–H and O–H groups in total. The monoisotopic (exact) mass is 769 g/mol. The zero-order chi connectivity index (χ0) is 39.2. The Labute approximate surface area is 326 Å². The van der Waals surface area contributed by atoms with Crippen molar-refractivity contribution in [1.29, 1.82) is 0 Å². The van der Waals surface area contributed by atoms with Crippen LogP contribution in [0.4, 0.5) is 22.7 Å². The molecule has 0 aliphatic rings. The number of nitrogens with zero attached hydrogens (tertiary/aromatic N) is 3. The molecule has 0 heterocycles. The summed E-state index contributed by atoms with van der Waals surface area (Å²) in [6.07, 6.45) is 0. The predicted molar refractivity (Wildman–Crippen MR) is 217 cm³/mol. The second kappa shape index (κ2) is 21.5. The lowest BCUT2D eigenvalue weighted by molar-refractivity contribution is -0.135. The van der Waals surface area contributed by atoms with Crippen LogP contribution >= 0.6 is 0 Å². The van der Waals surface area contributed by atoms with E-state index in [9.17, 15) is 28.8 Å². The average Bonchev–Trinajstić information content (AvgIpc) is 3.15. The van der Waals surface area contributed by atoms with Crippen LogP contribution in [0.2, 0.25) is 0 Å². The van der Waals surface area contributed by atoms with E-state index in [0.717, 1.165) is 0 Å². The van der Waals surface area contributed by atoms with Crippen LogP contribution in [0.15, 0.2) is 97.1 Å². The van der Waals surface area contributed by atoms with Crippen molar-refractivity contribution in [2.75, 3.05) is 69.7 Å². The molecule has 0 bridgehead atoms. The fourth-order valence-corrected chi connectivity index (χ4v) is 4.80. The first-order chi connectivity index (χ1) is 25.8. The Morgan fingerprint density at radius 1 is 0.411 bits per heavy atom. The number of carbonyl (C=O) groups is 6. The number of nitrogen functional groups attached to an aromatic ring is 4. The fraction of sp³-hybridized carbons (Fsp3) is 0.231. The summed E-state index contributed by atoms with van der Waals surface area (Å²) >= 11 is 0. The Morgan fingerprint density at radius 2 is 0.607 bits per heavy atom. The molecule has 0 saturated carbocycles. The minimum atomic E-state index is -0.541. The molecule has 0 fully saturated rings. The summed E-state index contributed by atoms with van der Waals surface area (Å²) in [6.45, 7) is -1.77. The topological polar surface area (TPSA) is 264 Å². The van der Waals surface area contributed by atoms with Crippen molar-refractivity contribution < 1.29 is 28.8 Å². The van der Waals surface area contributed by atoms with Gasteiger partial charge >= 0.3 is 0 Å². The van der Waals surface area contributed by atoms with Crippen LogP contribution in [0.25, 0.3) is 0 Å². The molecule has 6 amide bonds. The van der Waals surface area contributed by atoms with Gasteiger partial charge in [-0.05, 0) is 104 Å². The van der Waals surface area contributed by atoms with Gasteiger partial charge in [0.05, 0.1) is 39.8 Å². The normalized spacial score (nSPS) is 10.2. The van der Waals surface area contributed by atoms with Crippen molar-refractivity contribution in [1.82, 2.24) is 36.0 Å². The Morgan fingerprint density at radius 3 is 0.804 bits per heavy atom. The summed E-state index contributed by atoms with van der Waals surface area (Å²) in [5.41, 5.74) is 26.0. The molecule has 56 heavy (non-hydrogen) atoms. The molecule has 17 nitrogen and oxygen atoms in total. The van der Waals surface area contributed by atoms with E-state index in [1.165, 1.54) is 70.3 Å². The van der Waals surface area contributed by atoms with E-state index in [4.69, 9.17) is 22.9 Å². The fourth-order valence-electron chi connectivity index (χ4n) is 4.80. The van der Waals surface area contributed by atoms with Gasteiger partial charge in [-0.3, -0.25) is 33.7 Å². The van der Waals surface area contributed by atoms with Gasteiger partial charge in [-0.15, -0.1) is 0 Å². The van der Waals surface area contributed by atoms with Crippen molar-refractivity contribution in [3.8, 4) is 0 Å². The van der Waals surface area contributed by atoms with Gasteiger partial charge < -0.3 is 54.0 Å². The van der Waals surface area contributed by atoms with Crippen LogP contribution < -0.4 is 44.2 Å². The highest BCUT2D eigenvalue weighted by Gasteiger charge is 2.22. The predicted octanol–water partition coefficient (Wildman–Crippen LogP) is 1.73. The molecule has 4 aromatic rings. The molecular formula is C39H51N11O6. The lowest BCUT2D eigenvalue weighted by Crippen LogP contribution is -2.52. The summed E-state index contributed by atoms with van der Waals surface area (Å²) in [5, 5.41) is 10.6. The maximum Gasteiger partial charge on any atom is 0.252 e. The number of benzene rings is 4. The van der Waals surface area contributed by atoms with E-state index >= 15 is 0 Å². The number of rotatable bonds is 16. The van der Waals surface area contributed by atoms with Gasteiger partial charge in [-0.25, -0.2) is 0 Å². The van der Waals surface area contributed by atoms with Gasteiger partial charge in [0, 0.05) is 45.0 Å². The van der Waals surface area contributed by atoms with Crippen molar-refractivity contribution in [2.24, 2.45) is 0 Å². The maximum absolute atomic E-state index is 13.6. The largest absolute Gasteiger partial charge is 0.399 e. The van der Waals surface area contributed by atoms with Crippen molar-refractivity contribution in [3.05, 3.63) is 119 Å². The third-order valence-electron chi connectivity index (χ3n) is 7.93. The number of amides is 6. The Bertz CT molecular complexity index is 1670. The number of hydrogen-bond acceptors (Lipinski definition) is 11. The van der Waals surface area contributed by atoms with Gasteiger partial charge in [0.15, 0.2) is 0 Å². The Kier molecular flexibility index (Phi) is 17.3. The lowest BCUT2D eigenvalue weighted by atomic mass is 10.2. The third-order valence-corrected chi connectivity index (χ3v) is 7.93. The first-order valence-electron chi connectivity index (χ1n) is 16.6. The minimum Gasteiger partial charge on any atom is -0.399 e. The van der Waals surface area contributed by atoms with Crippen LogP contribution in [0.1, 0.15) is 56.3 Å². The summed E-state index contributed by atoms with van der Waals surface area (Å²) in [4.78, 5) is 82.3. The van der Waals surface area contributed by atoms with E-state index in [2.05, 4.69) is 21.3 Å². The summed E-state index contributed by atoms with van der Waals surface area (Å²) in [6, 6.07) is 24.7. The minimum absolute atomic E-state index is 0. The molecule has 0 atom stereocenters. The third kappa shape index (κ3) is 13.7. The highest BCUT2D eigenvalue weighted by molar-refractivity contribution is 5.97. The first-order valence-corrected chi connectivity index (χ1v) is 16.6. The quantitative estimate of drug-likeness (QED) is 0.0601. The van der Waals surface area contributed by atoms with E-state index in [1.807, 2.05) is 0 Å². The van der Waals surface area contributed by atoms with Gasteiger partial charge in [0.2, 0.25) is 11.8 Å². The van der Waals surface area contributed by atoms with Crippen LogP contribution in [0.3, 0.4) is 0 Å². The van der Waals surface area contributed by atoms with Crippen LogP contribution in [-0.4, -0.2) is 97.0 Å². The van der Waals surface area contributed by atoms with Crippen molar-refractivity contribution in [2.45, 2.75) is 14.9 Å². The molecule has 0 radical (unpaired) electrons. The average molecular weight is 770 g/mol. The lowest BCUT2D eigenvalue weighted by Gasteiger charge is -2.28. The van der Waals surface area contributed by atoms with Gasteiger partial charge in [-0.1, -0.05) is 14.9 Å². The van der Waals surface area contributed by atoms with Crippen LogP contribution in [-0.2, 0) is 9.59 Å². The summed E-state index contributed by atoms with van der Waals surface area (Å²) in [7, 11) is 1.52. The smallest absolute Gasteiger partial charge is 0.252 e. The number of anilines is 4. The Balaban J connectivity index is 0.00000541. The van der Waals surface area contributed by atoms with Crippen molar-refractivity contribution >= 4 is 58.2 Å². The van der Waals surface area contributed by atoms with Gasteiger partial charge in [0.1, 0.15) is 0 Å². The second-order valence-electron chi connectivity index (χ2n) is 12.2. The SMILES string of the molecule is C.C.CN(CC(=O)N(CNC(=O)c1ccc(N)cc1)CNC(=O)c1ccc(N)cc1)CC(=O)N(CNC(=O)c1ccc(N)cc1)CNC(=O)c1ccc(N)cc1. The zero-order valence-corrected chi connectivity index (χ0v) is 29.6. The van der Waals surface area contributed by atoms with Crippen molar-refractivity contribution in [3.63, 3.8) is 0 Å². The highest BCUT2D eigenvalue weighted by atomic mass is 16.2. The molecule has 0 spiro atoms. The maximum atomic E-state index is 13.6. The van der Waals surface area contributed by atoms with Crippen LogP contribution in [0.5, 0.6) is 0 Å². The highest BCUT2D eigenvalue weighted by Crippen LogP contribution is 2.09. The number of nitrogens with one attached hydrogen (secondary N) is 4. The number of hydrogen-bond donors (Lipinski definition) is 8. The standard InChI is InChI=1S/C37H43N11O6.2CH4/c1-46(18-32(49)47(20-42-34(51)24-2-10-28(38)11-3-24)21-43-35(52)25-4-12-29(39)13-5-25)19-33(50)48(22-44-36(53)26-6-14-30(40)15-7-26)23-45-37(54)27-8-16-31(41)17-9-27;;/h2-17H,18-23,38-41H2,1H3,(H,42,51)(H,43,52)(H,44,53)(H,45,54);2*1H4. The van der Waals surface area contributed by atoms with Gasteiger partial charge in [-0.2, -0.15) is 0 Å². The molecule has 0 aliphatic carbocycles. The molecule has 0 saturated heterocycles. The molecular weight excluding hydrogens is 718 g/mol. The molecule has 4 rings (SSSR count). The first kappa shape index (κ1) is 45.0. The van der Waals surface area contributed by atoms with Gasteiger partial charge in [0.25, 0.3) is 23.6 Å². The molecule has 0 aromatic heterocycles. The van der Waals surface area contributed by atoms with E-state index in [0.29, 0.717) is 45.0 Å². The van der Waals surface area contributed by atoms with E-state index in [-0.39, 0.29) is 54.6 Å². The zero-order valence-electron chi connectivity index (χ0n) is 29.6. The molecule has 298 valence electrons. The van der Waals surface area contributed by atoms with E-state index < -0.39 is 35.4 Å². The number of likely N-dealkylation sites (N-methyl/N-ethyl adjacent to an activating group) is 1.